The maximum absolute atomic E-state index is 12.1. The third-order valence-corrected chi connectivity index (χ3v) is 3.26. The Kier molecular flexibility index (Phi) is 4.76. The predicted octanol–water partition coefficient (Wildman–Crippen LogP) is 3.13. The summed E-state index contributed by atoms with van der Waals surface area (Å²) in [6, 6.07) is 12.3. The van der Waals surface area contributed by atoms with Gasteiger partial charge >= 0.3 is 0 Å². The molecule has 0 saturated heterocycles. The van der Waals surface area contributed by atoms with Crippen LogP contribution in [0.5, 0.6) is 5.75 Å². The van der Waals surface area contributed by atoms with Gasteiger partial charge in [-0.2, -0.15) is 0 Å². The van der Waals surface area contributed by atoms with Crippen molar-refractivity contribution in [1.29, 1.82) is 0 Å². The number of nitrogens with one attached hydrogen (secondary N) is 2. The molecule has 0 heterocycles. The van der Waals surface area contributed by atoms with Crippen LogP contribution >= 0.6 is 15.9 Å². The second-order valence-corrected chi connectivity index (χ2v) is 5.26. The minimum absolute atomic E-state index is 0.0444. The van der Waals surface area contributed by atoms with Crippen LogP contribution in [0.25, 0.3) is 0 Å². The van der Waals surface area contributed by atoms with Crippen molar-refractivity contribution in [1.82, 2.24) is 5.32 Å². The van der Waals surface area contributed by atoms with Gasteiger partial charge in [0.1, 0.15) is 5.75 Å². The van der Waals surface area contributed by atoms with E-state index >= 15 is 0 Å². The van der Waals surface area contributed by atoms with Gasteiger partial charge in [0.15, 0.2) is 0 Å². The quantitative estimate of drug-likeness (QED) is 0.805. The summed E-state index contributed by atoms with van der Waals surface area (Å²) in [7, 11) is 1.87. The molecular weight excluding hydrogens is 320 g/mol. The van der Waals surface area contributed by atoms with Gasteiger partial charge in [-0.1, -0.05) is 28.1 Å². The van der Waals surface area contributed by atoms with Crippen molar-refractivity contribution >= 4 is 27.5 Å². The van der Waals surface area contributed by atoms with E-state index in [4.69, 9.17) is 0 Å². The SMILES string of the molecule is CNCc1cccc(NC(=O)c2cc(Br)ccc2O)c1. The Morgan fingerprint density at radius 2 is 2.05 bits per heavy atom. The lowest BCUT2D eigenvalue weighted by Gasteiger charge is -2.09. The third kappa shape index (κ3) is 3.59. The third-order valence-electron chi connectivity index (χ3n) is 2.77. The molecule has 0 aliphatic rings. The van der Waals surface area contributed by atoms with Gasteiger partial charge in [0.05, 0.1) is 5.56 Å². The molecule has 104 valence electrons. The number of benzene rings is 2. The van der Waals surface area contributed by atoms with Crippen molar-refractivity contribution in [3.63, 3.8) is 0 Å². The van der Waals surface area contributed by atoms with Crippen molar-refractivity contribution in [2.24, 2.45) is 0 Å². The van der Waals surface area contributed by atoms with E-state index < -0.39 is 0 Å². The average molecular weight is 335 g/mol. The van der Waals surface area contributed by atoms with Gasteiger partial charge in [0, 0.05) is 16.7 Å². The first-order valence-corrected chi connectivity index (χ1v) is 6.93. The van der Waals surface area contributed by atoms with Crippen LogP contribution in [0.2, 0.25) is 0 Å². The largest absolute Gasteiger partial charge is 0.507 e. The maximum atomic E-state index is 12.1. The van der Waals surface area contributed by atoms with E-state index in [0.29, 0.717) is 5.69 Å². The van der Waals surface area contributed by atoms with Crippen LogP contribution in [0.3, 0.4) is 0 Å². The molecule has 0 spiro atoms. The molecular formula is C15H15BrN2O2. The number of rotatable bonds is 4. The van der Waals surface area contributed by atoms with Gasteiger partial charge in [-0.15, -0.1) is 0 Å². The summed E-state index contributed by atoms with van der Waals surface area (Å²) in [6.07, 6.45) is 0. The fourth-order valence-electron chi connectivity index (χ4n) is 1.85. The molecule has 0 aliphatic carbocycles. The number of carbonyl (C=O) groups is 1. The van der Waals surface area contributed by atoms with Gasteiger partial charge in [0.25, 0.3) is 5.91 Å². The zero-order chi connectivity index (χ0) is 14.5. The van der Waals surface area contributed by atoms with E-state index in [1.807, 2.05) is 31.3 Å². The van der Waals surface area contributed by atoms with Crippen molar-refractivity contribution in [3.8, 4) is 5.75 Å². The fraction of sp³-hybridized carbons (Fsp3) is 0.133. The minimum atomic E-state index is -0.342. The molecule has 5 heteroatoms. The lowest BCUT2D eigenvalue weighted by molar-refractivity contribution is 0.102. The van der Waals surface area contributed by atoms with Gasteiger partial charge in [-0.05, 0) is 42.9 Å². The number of hydrogen-bond donors (Lipinski definition) is 3. The van der Waals surface area contributed by atoms with Crippen LogP contribution in [0, 0.1) is 0 Å². The van der Waals surface area contributed by atoms with E-state index in [1.165, 1.54) is 6.07 Å². The summed E-state index contributed by atoms with van der Waals surface area (Å²) in [5.74, 6) is -0.387. The Morgan fingerprint density at radius 1 is 1.25 bits per heavy atom. The second-order valence-electron chi connectivity index (χ2n) is 4.35. The smallest absolute Gasteiger partial charge is 0.259 e. The number of amides is 1. The van der Waals surface area contributed by atoms with E-state index in [0.717, 1.165) is 16.6 Å². The van der Waals surface area contributed by atoms with Crippen LogP contribution in [0.4, 0.5) is 5.69 Å². The molecule has 0 fully saturated rings. The topological polar surface area (TPSA) is 61.4 Å². The zero-order valence-electron chi connectivity index (χ0n) is 11.0. The highest BCUT2D eigenvalue weighted by Gasteiger charge is 2.12. The van der Waals surface area contributed by atoms with Gasteiger partial charge < -0.3 is 15.7 Å². The fourth-order valence-corrected chi connectivity index (χ4v) is 2.21. The first-order chi connectivity index (χ1) is 9.60. The number of halogens is 1. The summed E-state index contributed by atoms with van der Waals surface area (Å²) in [5, 5.41) is 15.6. The maximum Gasteiger partial charge on any atom is 0.259 e. The van der Waals surface area contributed by atoms with Crippen LogP contribution in [-0.4, -0.2) is 18.1 Å². The molecule has 3 N–H and O–H groups in total. The lowest BCUT2D eigenvalue weighted by Crippen LogP contribution is -2.13. The number of anilines is 1. The zero-order valence-corrected chi connectivity index (χ0v) is 12.6. The molecule has 1 amide bonds. The van der Waals surface area contributed by atoms with Crippen molar-refractivity contribution in [2.45, 2.75) is 6.54 Å². The molecule has 0 aliphatic heterocycles. The molecule has 20 heavy (non-hydrogen) atoms. The van der Waals surface area contributed by atoms with Crippen molar-refractivity contribution in [2.75, 3.05) is 12.4 Å². The average Bonchev–Trinajstić information content (AvgIpc) is 2.42. The second kappa shape index (κ2) is 6.54. The van der Waals surface area contributed by atoms with Crippen molar-refractivity contribution < 1.29 is 9.90 Å². The summed E-state index contributed by atoms with van der Waals surface area (Å²) < 4.78 is 0.740. The molecule has 0 unspecified atom stereocenters. The first-order valence-electron chi connectivity index (χ1n) is 6.13. The molecule has 2 aromatic carbocycles. The Bertz CT molecular complexity index is 629. The predicted molar refractivity (Wildman–Crippen MR) is 83.0 cm³/mol. The Labute approximate surface area is 126 Å². The normalized spacial score (nSPS) is 10.3. The summed E-state index contributed by atoms with van der Waals surface area (Å²) in [5.41, 5.74) is 2.00. The standard InChI is InChI=1S/C15H15BrN2O2/c1-17-9-10-3-2-4-12(7-10)18-15(20)13-8-11(16)5-6-14(13)19/h2-8,17,19H,9H2,1H3,(H,18,20). The van der Waals surface area contributed by atoms with Crippen LogP contribution in [0.15, 0.2) is 46.9 Å². The van der Waals surface area contributed by atoms with Gasteiger partial charge in [-0.25, -0.2) is 0 Å². The van der Waals surface area contributed by atoms with Crippen molar-refractivity contribution in [3.05, 3.63) is 58.1 Å². The van der Waals surface area contributed by atoms with Crippen LogP contribution in [-0.2, 0) is 6.54 Å². The number of phenolic OH excluding ortho intramolecular Hbond substituents is 1. The Morgan fingerprint density at radius 3 is 2.80 bits per heavy atom. The lowest BCUT2D eigenvalue weighted by atomic mass is 10.1. The number of carbonyl (C=O) groups excluding carboxylic acids is 1. The Hall–Kier alpha value is -1.85. The van der Waals surface area contributed by atoms with Crippen LogP contribution < -0.4 is 10.6 Å². The van der Waals surface area contributed by atoms with E-state index in [-0.39, 0.29) is 17.2 Å². The summed E-state index contributed by atoms with van der Waals surface area (Å²) in [6.45, 7) is 0.728. The molecule has 0 bridgehead atoms. The highest BCUT2D eigenvalue weighted by atomic mass is 79.9. The number of hydrogen-bond acceptors (Lipinski definition) is 3. The highest BCUT2D eigenvalue weighted by molar-refractivity contribution is 9.10. The minimum Gasteiger partial charge on any atom is -0.507 e. The molecule has 0 saturated carbocycles. The number of phenols is 1. The van der Waals surface area contributed by atoms with Gasteiger partial charge in [-0.3, -0.25) is 4.79 Å². The van der Waals surface area contributed by atoms with E-state index in [2.05, 4.69) is 26.6 Å². The molecule has 4 nitrogen and oxygen atoms in total. The highest BCUT2D eigenvalue weighted by Crippen LogP contribution is 2.23. The number of aromatic hydroxyl groups is 1. The van der Waals surface area contributed by atoms with Gasteiger partial charge in [0.2, 0.25) is 0 Å². The molecule has 2 aromatic rings. The van der Waals surface area contributed by atoms with Crippen LogP contribution in [0.1, 0.15) is 15.9 Å². The van der Waals surface area contributed by atoms with E-state index in [9.17, 15) is 9.90 Å². The molecule has 0 atom stereocenters. The summed E-state index contributed by atoms with van der Waals surface area (Å²) in [4.78, 5) is 12.1. The monoisotopic (exact) mass is 334 g/mol. The first kappa shape index (κ1) is 14.6. The summed E-state index contributed by atoms with van der Waals surface area (Å²) >= 11 is 3.28. The Balaban J connectivity index is 2.19. The molecule has 0 radical (unpaired) electrons. The molecule has 2 rings (SSSR count). The van der Waals surface area contributed by atoms with E-state index in [1.54, 1.807) is 12.1 Å². The molecule has 0 aromatic heterocycles.